The highest BCUT2D eigenvalue weighted by molar-refractivity contribution is 5.86. The van der Waals surface area contributed by atoms with Gasteiger partial charge in [0.2, 0.25) is 5.91 Å². The monoisotopic (exact) mass is 392 g/mol. The lowest BCUT2D eigenvalue weighted by Crippen LogP contribution is -2.45. The zero-order chi connectivity index (χ0) is 20.4. The molecule has 1 heterocycles. The molecule has 0 bridgehead atoms. The number of likely N-dealkylation sites (N-methyl/N-ethyl adjacent to an activating group) is 1. The van der Waals surface area contributed by atoms with Crippen LogP contribution in [0.4, 0.5) is 0 Å². The summed E-state index contributed by atoms with van der Waals surface area (Å²) in [4.78, 5) is 18.1. The van der Waals surface area contributed by atoms with Gasteiger partial charge in [-0.3, -0.25) is 4.79 Å². The summed E-state index contributed by atoms with van der Waals surface area (Å²) in [6.45, 7) is 2.03. The zero-order valence-electron chi connectivity index (χ0n) is 17.3. The van der Waals surface area contributed by atoms with Crippen LogP contribution in [-0.2, 0) is 16.1 Å². The summed E-state index contributed by atoms with van der Waals surface area (Å²) in [6.07, 6.45) is 3.49. The Labute approximate surface area is 167 Å². The number of hydrogen-bond donors (Lipinski definition) is 2. The molecule has 8 heteroatoms. The van der Waals surface area contributed by atoms with Gasteiger partial charge in [-0.25, -0.2) is 4.99 Å². The summed E-state index contributed by atoms with van der Waals surface area (Å²) < 4.78 is 16.4. The normalized spacial score (nSPS) is 17.0. The Morgan fingerprint density at radius 2 is 2.07 bits per heavy atom. The molecule has 1 aliphatic heterocycles. The predicted octanol–water partition coefficient (Wildman–Crippen LogP) is 1.40. The van der Waals surface area contributed by atoms with E-state index in [4.69, 9.17) is 14.2 Å². The molecule has 1 aliphatic rings. The Morgan fingerprint density at radius 3 is 2.71 bits per heavy atom. The summed E-state index contributed by atoms with van der Waals surface area (Å²) in [5.41, 5.74) is 0.928. The molecule has 1 saturated heterocycles. The van der Waals surface area contributed by atoms with Gasteiger partial charge in [-0.2, -0.15) is 0 Å². The topological polar surface area (TPSA) is 84.4 Å². The molecular weight excluding hydrogens is 360 g/mol. The minimum Gasteiger partial charge on any atom is -0.497 e. The van der Waals surface area contributed by atoms with Crippen LogP contribution >= 0.6 is 0 Å². The predicted molar refractivity (Wildman–Crippen MR) is 109 cm³/mol. The van der Waals surface area contributed by atoms with E-state index >= 15 is 0 Å². The molecule has 1 fully saturated rings. The molecule has 156 valence electrons. The summed E-state index contributed by atoms with van der Waals surface area (Å²) in [7, 11) is 6.70. The number of guanidine groups is 1. The van der Waals surface area contributed by atoms with E-state index in [0.717, 1.165) is 30.8 Å². The van der Waals surface area contributed by atoms with Crippen molar-refractivity contribution in [2.45, 2.75) is 31.9 Å². The summed E-state index contributed by atoms with van der Waals surface area (Å²) in [5, 5.41) is 6.39. The lowest BCUT2D eigenvalue weighted by molar-refractivity contribution is -0.127. The number of ether oxygens (including phenoxy) is 3. The molecule has 1 amide bonds. The van der Waals surface area contributed by atoms with E-state index in [9.17, 15) is 4.79 Å². The second-order valence-electron chi connectivity index (χ2n) is 6.85. The van der Waals surface area contributed by atoms with Crippen LogP contribution in [0.2, 0.25) is 0 Å². The number of amides is 1. The van der Waals surface area contributed by atoms with Gasteiger partial charge in [0.1, 0.15) is 11.5 Å². The fraction of sp³-hybridized carbons (Fsp3) is 0.600. The molecule has 8 nitrogen and oxygen atoms in total. The van der Waals surface area contributed by atoms with Gasteiger partial charge in [0, 0.05) is 38.9 Å². The third-order valence-electron chi connectivity index (χ3n) is 4.58. The van der Waals surface area contributed by atoms with E-state index in [0.29, 0.717) is 24.8 Å². The molecule has 1 atom stereocenters. The van der Waals surface area contributed by atoms with Crippen molar-refractivity contribution >= 4 is 11.9 Å². The molecule has 0 spiro atoms. The van der Waals surface area contributed by atoms with E-state index in [1.807, 2.05) is 18.2 Å². The average molecular weight is 393 g/mol. The Kier molecular flexibility index (Phi) is 8.87. The molecule has 0 aliphatic carbocycles. The lowest BCUT2D eigenvalue weighted by Gasteiger charge is -2.24. The van der Waals surface area contributed by atoms with Gasteiger partial charge in [0.25, 0.3) is 0 Å². The molecule has 0 saturated carbocycles. The summed E-state index contributed by atoms with van der Waals surface area (Å²) >= 11 is 0. The first kappa shape index (κ1) is 21.8. The van der Waals surface area contributed by atoms with Crippen LogP contribution in [0.5, 0.6) is 11.5 Å². The van der Waals surface area contributed by atoms with Crippen LogP contribution < -0.4 is 20.1 Å². The van der Waals surface area contributed by atoms with Crippen molar-refractivity contribution < 1.29 is 19.0 Å². The first-order chi connectivity index (χ1) is 13.5. The van der Waals surface area contributed by atoms with E-state index in [1.54, 1.807) is 33.2 Å². The van der Waals surface area contributed by atoms with E-state index < -0.39 is 0 Å². The largest absolute Gasteiger partial charge is 0.497 e. The van der Waals surface area contributed by atoms with Crippen molar-refractivity contribution in [2.24, 2.45) is 4.99 Å². The van der Waals surface area contributed by atoms with E-state index in [1.165, 1.54) is 6.42 Å². The highest BCUT2D eigenvalue weighted by Gasteiger charge is 2.15. The molecule has 1 aromatic rings. The maximum absolute atomic E-state index is 11.9. The van der Waals surface area contributed by atoms with Gasteiger partial charge in [-0.05, 0) is 31.4 Å². The highest BCUT2D eigenvalue weighted by Crippen LogP contribution is 2.25. The van der Waals surface area contributed by atoms with E-state index in [2.05, 4.69) is 15.6 Å². The van der Waals surface area contributed by atoms with Gasteiger partial charge < -0.3 is 29.7 Å². The van der Waals surface area contributed by atoms with Crippen LogP contribution in [0.3, 0.4) is 0 Å². The third-order valence-corrected chi connectivity index (χ3v) is 4.58. The molecular formula is C20H32N4O4. The molecule has 28 heavy (non-hydrogen) atoms. The summed E-state index contributed by atoms with van der Waals surface area (Å²) in [6, 6.07) is 5.63. The summed E-state index contributed by atoms with van der Waals surface area (Å²) in [5.74, 6) is 1.99. The number of carbonyl (C=O) groups is 1. The number of nitrogens with one attached hydrogen (secondary N) is 2. The minimum atomic E-state index is -0.0227. The average Bonchev–Trinajstić information content (AvgIpc) is 2.73. The van der Waals surface area contributed by atoms with Gasteiger partial charge in [0.15, 0.2) is 5.96 Å². The van der Waals surface area contributed by atoms with Gasteiger partial charge in [0.05, 0.1) is 33.4 Å². The van der Waals surface area contributed by atoms with Crippen LogP contribution in [0.15, 0.2) is 23.2 Å². The molecule has 2 rings (SSSR count). The Bertz CT molecular complexity index is 658. The minimum absolute atomic E-state index is 0.0227. The second kappa shape index (κ2) is 11.4. The molecule has 0 aromatic heterocycles. The standard InChI is InChI=1S/C20H32N4O4/c1-24(2)19(25)14-23-20(22-13-17-7-5-6-10-28-17)21-12-15-8-9-16(26-3)11-18(15)27-4/h8-9,11,17H,5-7,10,12-14H2,1-4H3,(H2,21,22,23). The van der Waals surface area contributed by atoms with Crippen LogP contribution in [0.1, 0.15) is 24.8 Å². The first-order valence-corrected chi connectivity index (χ1v) is 9.58. The van der Waals surface area contributed by atoms with Crippen LogP contribution in [-0.4, -0.2) is 70.9 Å². The number of hydrogen-bond acceptors (Lipinski definition) is 5. The number of aliphatic imine (C=N–C) groups is 1. The first-order valence-electron chi connectivity index (χ1n) is 9.58. The fourth-order valence-electron chi connectivity index (χ4n) is 2.82. The van der Waals surface area contributed by atoms with Gasteiger partial charge >= 0.3 is 0 Å². The van der Waals surface area contributed by atoms with Crippen molar-refractivity contribution in [1.82, 2.24) is 15.5 Å². The molecule has 1 aromatic carbocycles. The van der Waals surface area contributed by atoms with Crippen molar-refractivity contribution in [1.29, 1.82) is 0 Å². The van der Waals surface area contributed by atoms with Crippen LogP contribution in [0, 0.1) is 0 Å². The Hall–Kier alpha value is -2.48. The van der Waals surface area contributed by atoms with Crippen molar-refractivity contribution in [3.63, 3.8) is 0 Å². The number of rotatable bonds is 8. The maximum Gasteiger partial charge on any atom is 0.241 e. The third kappa shape index (κ3) is 6.92. The van der Waals surface area contributed by atoms with Crippen LogP contribution in [0.25, 0.3) is 0 Å². The maximum atomic E-state index is 11.9. The number of methoxy groups -OCH3 is 2. The van der Waals surface area contributed by atoms with Gasteiger partial charge in [-0.15, -0.1) is 0 Å². The Morgan fingerprint density at radius 1 is 1.25 bits per heavy atom. The quantitative estimate of drug-likeness (QED) is 0.514. The smallest absolute Gasteiger partial charge is 0.241 e. The highest BCUT2D eigenvalue weighted by atomic mass is 16.5. The number of benzene rings is 1. The zero-order valence-corrected chi connectivity index (χ0v) is 17.3. The lowest BCUT2D eigenvalue weighted by atomic mass is 10.1. The van der Waals surface area contributed by atoms with E-state index in [-0.39, 0.29) is 18.6 Å². The fourth-order valence-corrected chi connectivity index (χ4v) is 2.82. The second-order valence-corrected chi connectivity index (χ2v) is 6.85. The number of carbonyl (C=O) groups excluding carboxylic acids is 1. The Balaban J connectivity index is 2.04. The van der Waals surface area contributed by atoms with Crippen molar-refractivity contribution in [2.75, 3.05) is 48.0 Å². The van der Waals surface area contributed by atoms with Crippen molar-refractivity contribution in [3.8, 4) is 11.5 Å². The molecule has 0 radical (unpaired) electrons. The molecule has 1 unspecified atom stereocenters. The number of nitrogens with zero attached hydrogens (tertiary/aromatic N) is 2. The van der Waals surface area contributed by atoms with Gasteiger partial charge in [-0.1, -0.05) is 0 Å². The molecule has 2 N–H and O–H groups in total. The SMILES string of the molecule is COc1ccc(CN=C(NCC(=O)N(C)C)NCC2CCCCO2)c(OC)c1. The van der Waals surface area contributed by atoms with Crippen molar-refractivity contribution in [3.05, 3.63) is 23.8 Å².